The van der Waals surface area contributed by atoms with Crippen LogP contribution in [-0.2, 0) is 10.4 Å². The first-order chi connectivity index (χ1) is 13.9. The van der Waals surface area contributed by atoms with E-state index in [0.29, 0.717) is 0 Å². The van der Waals surface area contributed by atoms with Crippen molar-refractivity contribution in [3.8, 4) is 0 Å². The molecule has 178 valence electrons. The molecule has 0 saturated heterocycles. The summed E-state index contributed by atoms with van der Waals surface area (Å²) in [5.74, 6) is 0. The molecule has 30 heavy (non-hydrogen) atoms. The second-order valence-corrected chi connectivity index (χ2v) is 9.27. The van der Waals surface area contributed by atoms with Gasteiger partial charge in [-0.25, -0.2) is 0 Å². The van der Waals surface area contributed by atoms with Crippen LogP contribution < -0.4 is 29.6 Å². The molecule has 0 bridgehead atoms. The van der Waals surface area contributed by atoms with E-state index in [1.807, 2.05) is 0 Å². The molecule has 0 aromatic rings. The Morgan fingerprint density at radius 1 is 0.500 bits per heavy atom. The minimum Gasteiger partial charge on any atom is -0.343 e. The second kappa shape index (κ2) is 29.9. The van der Waals surface area contributed by atoms with Gasteiger partial charge in [-0.2, -0.15) is 14.8 Å². The summed E-state index contributed by atoms with van der Waals surface area (Å²) >= 11 is 0. The maximum atomic E-state index is 8.74. The molecular formula is C24H51NaO4S. The average molecular weight is 459 g/mol. The van der Waals surface area contributed by atoms with Crippen LogP contribution in [0.3, 0.4) is 0 Å². The van der Waals surface area contributed by atoms with Crippen LogP contribution in [0.5, 0.6) is 0 Å². The van der Waals surface area contributed by atoms with Crippen LogP contribution in [0, 0.1) is 6.92 Å². The van der Waals surface area contributed by atoms with E-state index in [1.54, 1.807) is 0 Å². The van der Waals surface area contributed by atoms with Gasteiger partial charge >= 0.3 is 40.0 Å². The van der Waals surface area contributed by atoms with Gasteiger partial charge < -0.3 is 6.92 Å². The van der Waals surface area contributed by atoms with Crippen LogP contribution in [0.4, 0.5) is 0 Å². The Bertz CT molecular complexity index is 359. The molecule has 0 aliphatic rings. The van der Waals surface area contributed by atoms with Gasteiger partial charge in [0, 0.05) is 0 Å². The van der Waals surface area contributed by atoms with Crippen molar-refractivity contribution in [2.45, 2.75) is 148 Å². The first-order valence-corrected chi connectivity index (χ1v) is 13.8. The molecule has 0 aliphatic carbocycles. The number of rotatable bonds is 21. The number of hydrogen-bond acceptors (Lipinski definition) is 2. The number of unbranched alkanes of at least 4 members (excludes halogenated alkanes) is 21. The molecule has 0 aliphatic heterocycles. The van der Waals surface area contributed by atoms with Crippen LogP contribution in [-0.4, -0.2) is 17.5 Å². The van der Waals surface area contributed by atoms with Crippen molar-refractivity contribution in [3.63, 3.8) is 0 Å². The molecule has 0 unspecified atom stereocenters. The molecule has 0 fully saturated rings. The first-order valence-electron chi connectivity index (χ1n) is 12.4. The Balaban J connectivity index is -0.00000108. The van der Waals surface area contributed by atoms with Crippen molar-refractivity contribution in [1.82, 2.24) is 0 Å². The maximum absolute atomic E-state index is 8.74. The topological polar surface area (TPSA) is 74.6 Å². The Morgan fingerprint density at radius 3 is 0.833 bits per heavy atom. The molecule has 0 radical (unpaired) electrons. The van der Waals surface area contributed by atoms with Crippen LogP contribution in [0.15, 0.2) is 0 Å². The van der Waals surface area contributed by atoms with Crippen molar-refractivity contribution in [2.24, 2.45) is 0 Å². The Hall–Kier alpha value is 0.870. The predicted molar refractivity (Wildman–Crippen MR) is 127 cm³/mol. The van der Waals surface area contributed by atoms with Gasteiger partial charge in [0.05, 0.1) is 0 Å². The molecule has 0 heterocycles. The quantitative estimate of drug-likeness (QED) is 0.0990. The predicted octanol–water partition coefficient (Wildman–Crippen LogP) is 5.77. The van der Waals surface area contributed by atoms with Gasteiger partial charge in [-0.15, -0.1) is 0 Å². The Morgan fingerprint density at radius 2 is 0.667 bits per heavy atom. The maximum Gasteiger partial charge on any atom is 1.00 e. The van der Waals surface area contributed by atoms with E-state index >= 15 is 0 Å². The Kier molecular flexibility index (Phi) is 35.3. The van der Waals surface area contributed by atoms with E-state index in [9.17, 15) is 0 Å². The zero-order chi connectivity index (χ0) is 22.1. The standard InChI is InChI=1S/C24H49.Na.H2O4S/c1-3-5-7-9-11-13-15-17-19-21-23-24-22-20-18-16-14-12-10-8-6-4-2;;1-5(2,3)4/h1,3-24H2,2H3;;(H2,1,2,3,4)/q-1;+1;. The average Bonchev–Trinajstić information content (AvgIpc) is 2.65. The summed E-state index contributed by atoms with van der Waals surface area (Å²) < 4.78 is 31.6. The van der Waals surface area contributed by atoms with E-state index < -0.39 is 10.4 Å². The van der Waals surface area contributed by atoms with Gasteiger partial charge in [0.1, 0.15) is 0 Å². The van der Waals surface area contributed by atoms with E-state index in [4.69, 9.17) is 17.5 Å². The third-order valence-electron chi connectivity index (χ3n) is 5.35. The number of hydrogen-bond donors (Lipinski definition) is 2. The van der Waals surface area contributed by atoms with Gasteiger partial charge in [-0.05, 0) is 0 Å². The van der Waals surface area contributed by atoms with Crippen LogP contribution >= 0.6 is 0 Å². The largest absolute Gasteiger partial charge is 1.00 e. The summed E-state index contributed by atoms with van der Waals surface area (Å²) in [5, 5.41) is 0. The molecular weight excluding hydrogens is 407 g/mol. The third-order valence-corrected chi connectivity index (χ3v) is 5.35. The second-order valence-electron chi connectivity index (χ2n) is 8.37. The van der Waals surface area contributed by atoms with E-state index in [0.717, 1.165) is 6.42 Å². The van der Waals surface area contributed by atoms with E-state index in [-0.39, 0.29) is 29.6 Å². The van der Waals surface area contributed by atoms with E-state index in [1.165, 1.54) is 135 Å². The molecule has 0 aromatic carbocycles. The van der Waals surface area contributed by atoms with Crippen molar-refractivity contribution >= 4 is 10.4 Å². The van der Waals surface area contributed by atoms with Gasteiger partial charge in [0.2, 0.25) is 0 Å². The van der Waals surface area contributed by atoms with Crippen molar-refractivity contribution in [2.75, 3.05) is 0 Å². The minimum absolute atomic E-state index is 0. The summed E-state index contributed by atoms with van der Waals surface area (Å²) in [6.07, 6.45) is 31.8. The molecule has 0 rings (SSSR count). The SMILES string of the molecule is O=S(=O)(O)O.[CH2-]CCCCCCCCCCCCCCCCCCCCCCC.[Na+]. The minimum atomic E-state index is -4.67. The summed E-state index contributed by atoms with van der Waals surface area (Å²) in [6.45, 7) is 6.20. The van der Waals surface area contributed by atoms with Crippen molar-refractivity contribution < 1.29 is 47.1 Å². The van der Waals surface area contributed by atoms with E-state index in [2.05, 4.69) is 13.8 Å². The summed E-state index contributed by atoms with van der Waals surface area (Å²) in [5.41, 5.74) is 0. The molecule has 4 nitrogen and oxygen atoms in total. The third kappa shape index (κ3) is 46.9. The van der Waals surface area contributed by atoms with Gasteiger partial charge in [-0.1, -0.05) is 142 Å². The van der Waals surface area contributed by atoms with Crippen LogP contribution in [0.1, 0.15) is 148 Å². The monoisotopic (exact) mass is 458 g/mol. The van der Waals surface area contributed by atoms with Gasteiger partial charge in [0.25, 0.3) is 0 Å². The zero-order valence-electron chi connectivity index (χ0n) is 20.4. The summed E-state index contributed by atoms with van der Waals surface area (Å²) in [4.78, 5) is 0. The fraction of sp³-hybridized carbons (Fsp3) is 0.958. The molecule has 0 saturated carbocycles. The molecule has 0 aromatic heterocycles. The van der Waals surface area contributed by atoms with Crippen LogP contribution in [0.25, 0.3) is 0 Å². The molecule has 2 N–H and O–H groups in total. The molecule has 0 amide bonds. The Labute approximate surface area is 211 Å². The zero-order valence-corrected chi connectivity index (χ0v) is 23.2. The van der Waals surface area contributed by atoms with Crippen molar-refractivity contribution in [1.29, 1.82) is 0 Å². The summed E-state index contributed by atoms with van der Waals surface area (Å²) in [7, 11) is -4.67. The van der Waals surface area contributed by atoms with Crippen LogP contribution in [0.2, 0.25) is 0 Å². The van der Waals surface area contributed by atoms with Gasteiger partial charge in [-0.3, -0.25) is 9.11 Å². The fourth-order valence-electron chi connectivity index (χ4n) is 3.61. The fourth-order valence-corrected chi connectivity index (χ4v) is 3.61. The van der Waals surface area contributed by atoms with Crippen molar-refractivity contribution in [3.05, 3.63) is 6.92 Å². The molecule has 0 atom stereocenters. The molecule has 6 heteroatoms. The first kappa shape index (κ1) is 35.5. The normalized spacial score (nSPS) is 10.9. The van der Waals surface area contributed by atoms with Gasteiger partial charge in [0.15, 0.2) is 0 Å². The molecule has 0 spiro atoms. The summed E-state index contributed by atoms with van der Waals surface area (Å²) in [6, 6.07) is 0. The smallest absolute Gasteiger partial charge is 0.343 e.